The van der Waals surface area contributed by atoms with Crippen molar-refractivity contribution in [1.29, 1.82) is 0 Å². The zero-order chi connectivity index (χ0) is 20.8. The highest BCUT2D eigenvalue weighted by atomic mass is 32.1. The molecule has 1 aromatic rings. The van der Waals surface area contributed by atoms with E-state index in [0.717, 1.165) is 24.8 Å². The molecule has 0 aliphatic heterocycles. The summed E-state index contributed by atoms with van der Waals surface area (Å²) in [5.41, 5.74) is 9.72. The quantitative estimate of drug-likeness (QED) is 0.562. The lowest BCUT2D eigenvalue weighted by Gasteiger charge is -2.40. The molecule has 2 nitrogen and oxygen atoms in total. The second-order valence-corrected chi connectivity index (χ2v) is 11.0. The summed E-state index contributed by atoms with van der Waals surface area (Å²) in [4.78, 5) is 2.73. The first-order valence-corrected chi connectivity index (χ1v) is 11.5. The molecule has 0 saturated carbocycles. The number of nitrogens with two attached hydrogens (primary N) is 1. The topological polar surface area (TPSA) is 46.2 Å². The Morgan fingerprint density at radius 2 is 2.03 bits per heavy atom. The highest BCUT2D eigenvalue weighted by molar-refractivity contribution is 7.12. The van der Waals surface area contributed by atoms with Crippen LogP contribution < -0.4 is 5.73 Å². The Morgan fingerprint density at radius 1 is 1.28 bits per heavy atom. The Morgan fingerprint density at radius 3 is 2.69 bits per heavy atom. The maximum absolute atomic E-state index is 10.6. The van der Waals surface area contributed by atoms with Crippen molar-refractivity contribution in [3.05, 3.63) is 75.6 Å². The van der Waals surface area contributed by atoms with Gasteiger partial charge in [-0.3, -0.25) is 0 Å². The number of allylic oxidation sites excluding steroid dienone is 6. The van der Waals surface area contributed by atoms with Gasteiger partial charge in [0.15, 0.2) is 0 Å². The van der Waals surface area contributed by atoms with Crippen LogP contribution in [-0.4, -0.2) is 11.7 Å². The Labute approximate surface area is 179 Å². The molecule has 1 heterocycles. The first kappa shape index (κ1) is 20.4. The van der Waals surface area contributed by atoms with E-state index in [1.807, 2.05) is 11.3 Å². The van der Waals surface area contributed by atoms with Crippen LogP contribution in [0, 0.1) is 16.7 Å². The Hall–Kier alpha value is -1.84. The minimum atomic E-state index is 0.0302. The number of aliphatic hydroxyl groups excluding tert-OH is 1. The first-order valence-electron chi connectivity index (χ1n) is 10.7. The van der Waals surface area contributed by atoms with E-state index < -0.39 is 0 Å². The minimum Gasteiger partial charge on any atom is -0.508 e. The van der Waals surface area contributed by atoms with E-state index in [1.54, 1.807) is 0 Å². The average Bonchev–Trinajstić information content (AvgIpc) is 3.06. The van der Waals surface area contributed by atoms with E-state index in [1.165, 1.54) is 27.3 Å². The molecule has 0 bridgehead atoms. The molecule has 154 valence electrons. The molecule has 3 N–H and O–H groups in total. The van der Waals surface area contributed by atoms with Crippen molar-refractivity contribution in [2.45, 2.75) is 52.4 Å². The second-order valence-electron chi connectivity index (χ2n) is 9.88. The summed E-state index contributed by atoms with van der Waals surface area (Å²) in [6, 6.07) is 0. The van der Waals surface area contributed by atoms with Gasteiger partial charge in [-0.25, -0.2) is 0 Å². The lowest BCUT2D eigenvalue weighted by Crippen LogP contribution is -2.30. The van der Waals surface area contributed by atoms with Crippen molar-refractivity contribution in [3.8, 4) is 0 Å². The summed E-state index contributed by atoms with van der Waals surface area (Å²) in [6.45, 7) is 11.6. The average molecular weight is 408 g/mol. The SMILES string of the molecule is C=C(O)c1c(C2C=CC=CC2C2(C)C=CC(CN)=CC2)sc2c1CC(C)(C)CC2. The lowest BCUT2D eigenvalue weighted by atomic mass is 9.64. The van der Waals surface area contributed by atoms with Crippen molar-refractivity contribution < 1.29 is 5.11 Å². The van der Waals surface area contributed by atoms with Gasteiger partial charge in [-0.05, 0) is 53.6 Å². The van der Waals surface area contributed by atoms with Gasteiger partial charge in [0, 0.05) is 27.8 Å². The molecule has 0 radical (unpaired) electrons. The third-order valence-corrected chi connectivity index (χ3v) is 8.40. The summed E-state index contributed by atoms with van der Waals surface area (Å²) in [7, 11) is 0. The van der Waals surface area contributed by atoms with Crippen LogP contribution in [0.1, 0.15) is 60.4 Å². The van der Waals surface area contributed by atoms with E-state index in [0.29, 0.717) is 12.5 Å². The summed E-state index contributed by atoms with van der Waals surface area (Å²) in [5, 5.41) is 10.6. The first-order chi connectivity index (χ1) is 13.7. The molecule has 3 unspecified atom stereocenters. The number of aryl methyl sites for hydroxylation is 1. The van der Waals surface area contributed by atoms with E-state index in [-0.39, 0.29) is 22.5 Å². The molecule has 0 amide bonds. The van der Waals surface area contributed by atoms with Crippen molar-refractivity contribution in [2.75, 3.05) is 6.54 Å². The molecule has 3 atom stereocenters. The molecule has 0 saturated heterocycles. The predicted octanol–water partition coefficient (Wildman–Crippen LogP) is 6.47. The van der Waals surface area contributed by atoms with Gasteiger partial charge in [0.2, 0.25) is 0 Å². The van der Waals surface area contributed by atoms with Gasteiger partial charge in [0.1, 0.15) is 5.76 Å². The van der Waals surface area contributed by atoms with Gasteiger partial charge in [-0.2, -0.15) is 0 Å². The summed E-state index contributed by atoms with van der Waals surface area (Å²) >= 11 is 1.90. The van der Waals surface area contributed by atoms with Crippen LogP contribution in [0.4, 0.5) is 0 Å². The molecule has 1 aromatic heterocycles. The zero-order valence-corrected chi connectivity index (χ0v) is 18.7. The van der Waals surface area contributed by atoms with Gasteiger partial charge >= 0.3 is 0 Å². The van der Waals surface area contributed by atoms with E-state index in [9.17, 15) is 5.11 Å². The molecule has 3 aliphatic rings. The highest BCUT2D eigenvalue weighted by Gasteiger charge is 2.40. The normalized spacial score (nSPS) is 30.1. The predicted molar refractivity (Wildman–Crippen MR) is 125 cm³/mol. The number of fused-ring (bicyclic) bond motifs is 1. The van der Waals surface area contributed by atoms with Gasteiger partial charge in [-0.1, -0.05) is 69.9 Å². The largest absolute Gasteiger partial charge is 0.508 e. The van der Waals surface area contributed by atoms with Crippen LogP contribution in [0.25, 0.3) is 5.76 Å². The van der Waals surface area contributed by atoms with Crippen LogP contribution in [0.15, 0.2) is 54.7 Å². The van der Waals surface area contributed by atoms with Crippen LogP contribution >= 0.6 is 11.3 Å². The Kier molecular flexibility index (Phi) is 5.25. The minimum absolute atomic E-state index is 0.0302. The second kappa shape index (κ2) is 7.45. The highest BCUT2D eigenvalue weighted by Crippen LogP contribution is 2.52. The molecular formula is C26H33NOS. The van der Waals surface area contributed by atoms with Crippen LogP contribution in [0.2, 0.25) is 0 Å². The maximum atomic E-state index is 10.6. The standard InChI is InChI=1S/C26H33NOS/c1-17(28)23-20-15-25(2,3)12-11-22(20)29-24(23)19-7-5-6-8-21(19)26(4)13-9-18(16-27)10-14-26/h5-10,13,19,21,28H,1,11-12,14-16,27H2,2-4H3. The molecule has 0 spiro atoms. The molecule has 29 heavy (non-hydrogen) atoms. The molecular weight excluding hydrogens is 374 g/mol. The van der Waals surface area contributed by atoms with Gasteiger partial charge in [0.05, 0.1) is 0 Å². The number of hydrogen-bond acceptors (Lipinski definition) is 3. The molecule has 3 aliphatic carbocycles. The number of thiophene rings is 1. The van der Waals surface area contributed by atoms with Crippen LogP contribution in [-0.2, 0) is 12.8 Å². The van der Waals surface area contributed by atoms with E-state index in [2.05, 4.69) is 69.9 Å². The number of hydrogen-bond donors (Lipinski definition) is 2. The van der Waals surface area contributed by atoms with Crippen molar-refractivity contribution in [3.63, 3.8) is 0 Å². The van der Waals surface area contributed by atoms with Crippen LogP contribution in [0.5, 0.6) is 0 Å². The zero-order valence-electron chi connectivity index (χ0n) is 17.9. The fourth-order valence-electron chi connectivity index (χ4n) is 5.16. The monoisotopic (exact) mass is 407 g/mol. The van der Waals surface area contributed by atoms with Gasteiger partial charge < -0.3 is 10.8 Å². The Balaban J connectivity index is 1.76. The van der Waals surface area contributed by atoms with Gasteiger partial charge in [0.25, 0.3) is 0 Å². The molecule has 4 rings (SSSR count). The number of aliphatic hydroxyl groups is 1. The molecule has 0 aromatic carbocycles. The summed E-state index contributed by atoms with van der Waals surface area (Å²) in [6.07, 6.45) is 20.1. The van der Waals surface area contributed by atoms with E-state index in [4.69, 9.17) is 5.73 Å². The fourth-order valence-corrected chi connectivity index (χ4v) is 6.63. The lowest BCUT2D eigenvalue weighted by molar-refractivity contribution is 0.285. The van der Waals surface area contributed by atoms with Gasteiger partial charge in [-0.15, -0.1) is 11.3 Å². The third-order valence-electron chi connectivity index (χ3n) is 7.01. The maximum Gasteiger partial charge on any atom is 0.117 e. The fraction of sp³-hybridized carbons (Fsp3) is 0.462. The summed E-state index contributed by atoms with van der Waals surface area (Å²) < 4.78 is 0. The third kappa shape index (κ3) is 3.71. The number of rotatable bonds is 4. The summed E-state index contributed by atoms with van der Waals surface area (Å²) in [5.74, 6) is 0.817. The van der Waals surface area contributed by atoms with E-state index >= 15 is 0 Å². The van der Waals surface area contributed by atoms with Crippen molar-refractivity contribution >= 4 is 17.1 Å². The van der Waals surface area contributed by atoms with Crippen molar-refractivity contribution in [1.82, 2.24) is 0 Å². The molecule has 0 fully saturated rings. The molecule has 3 heteroatoms. The smallest absolute Gasteiger partial charge is 0.117 e. The van der Waals surface area contributed by atoms with Crippen molar-refractivity contribution in [2.24, 2.45) is 22.5 Å². The van der Waals surface area contributed by atoms with Crippen LogP contribution in [0.3, 0.4) is 0 Å². The Bertz CT molecular complexity index is 942.